The Balaban J connectivity index is 1.64. The molecule has 1 aliphatic heterocycles. The topological polar surface area (TPSA) is 88.2 Å². The van der Waals surface area contributed by atoms with E-state index in [2.05, 4.69) is 15.3 Å². The molecule has 0 unspecified atom stereocenters. The average molecular weight is 424 g/mol. The molecule has 0 bridgehead atoms. The molecule has 4 rings (SSSR count). The van der Waals surface area contributed by atoms with E-state index in [1.54, 1.807) is 31.3 Å². The lowest BCUT2D eigenvalue weighted by Gasteiger charge is -2.33. The average Bonchev–Trinajstić information content (AvgIpc) is 3.18. The van der Waals surface area contributed by atoms with Crippen LogP contribution in [0.25, 0.3) is 11.1 Å². The van der Waals surface area contributed by atoms with Crippen molar-refractivity contribution < 1.29 is 13.8 Å². The van der Waals surface area contributed by atoms with Gasteiger partial charge in [-0.25, -0.2) is 19.0 Å². The summed E-state index contributed by atoms with van der Waals surface area (Å²) in [5.41, 5.74) is 3.07. The fourth-order valence-corrected chi connectivity index (χ4v) is 3.89. The molecule has 1 aromatic carbocycles. The van der Waals surface area contributed by atoms with Crippen molar-refractivity contribution in [2.75, 3.05) is 32.1 Å². The molecule has 1 fully saturated rings. The van der Waals surface area contributed by atoms with Crippen molar-refractivity contribution in [2.24, 2.45) is 0 Å². The van der Waals surface area contributed by atoms with Crippen molar-refractivity contribution in [1.29, 1.82) is 0 Å². The Morgan fingerprint density at radius 1 is 1.26 bits per heavy atom. The van der Waals surface area contributed by atoms with Crippen LogP contribution in [0, 0.1) is 12.7 Å². The number of carbonyl (C=O) groups excluding carboxylic acids is 1. The fourth-order valence-electron chi connectivity index (χ4n) is 3.89. The molecule has 31 heavy (non-hydrogen) atoms. The molecular weight excluding hydrogens is 399 g/mol. The van der Waals surface area contributed by atoms with Gasteiger partial charge in [-0.15, -0.1) is 0 Å². The van der Waals surface area contributed by atoms with Crippen molar-refractivity contribution >= 4 is 11.9 Å². The third-order valence-corrected chi connectivity index (χ3v) is 5.60. The van der Waals surface area contributed by atoms with Gasteiger partial charge in [-0.05, 0) is 25.8 Å². The van der Waals surface area contributed by atoms with E-state index in [0.717, 1.165) is 18.5 Å². The van der Waals surface area contributed by atoms with Gasteiger partial charge < -0.3 is 9.80 Å². The summed E-state index contributed by atoms with van der Waals surface area (Å²) in [7, 11) is 3.74. The molecule has 1 atom stereocenters. The minimum atomic E-state index is -0.317. The minimum absolute atomic E-state index is 0.0227. The fraction of sp³-hybridized carbons (Fsp3) is 0.409. The normalized spacial score (nSPS) is 16.4. The quantitative estimate of drug-likeness (QED) is 0.622. The van der Waals surface area contributed by atoms with Crippen LogP contribution < -0.4 is 4.90 Å². The Kier molecular flexibility index (Phi) is 5.92. The zero-order chi connectivity index (χ0) is 22.0. The molecule has 0 radical (unpaired) electrons. The van der Waals surface area contributed by atoms with Crippen molar-refractivity contribution in [3.8, 4) is 11.1 Å². The van der Waals surface area contributed by atoms with Crippen LogP contribution in [0.15, 0.2) is 35.1 Å². The molecule has 3 heterocycles. The number of likely N-dealkylation sites (tertiary alicyclic amines) is 1. The van der Waals surface area contributed by atoms with Crippen LogP contribution in [0.5, 0.6) is 0 Å². The number of amides is 1. The van der Waals surface area contributed by atoms with Gasteiger partial charge in [0.1, 0.15) is 17.2 Å². The van der Waals surface area contributed by atoms with E-state index in [-0.39, 0.29) is 24.1 Å². The van der Waals surface area contributed by atoms with Gasteiger partial charge in [0.15, 0.2) is 0 Å². The number of nitrogens with zero attached hydrogens (tertiary/aromatic N) is 6. The molecule has 0 spiro atoms. The van der Waals surface area contributed by atoms with Crippen molar-refractivity contribution in [1.82, 2.24) is 25.2 Å². The van der Waals surface area contributed by atoms with Gasteiger partial charge in [0.2, 0.25) is 11.9 Å². The maximum atomic E-state index is 14.6. The highest BCUT2D eigenvalue weighted by atomic mass is 19.1. The molecule has 1 aliphatic rings. The second-order valence-electron chi connectivity index (χ2n) is 8.00. The maximum Gasteiger partial charge on any atom is 0.228 e. The summed E-state index contributed by atoms with van der Waals surface area (Å²) in [6.45, 7) is 2.94. The number of aryl methyl sites for hydroxylation is 1. The van der Waals surface area contributed by atoms with Crippen LogP contribution in [0.1, 0.15) is 35.8 Å². The molecule has 162 valence electrons. The lowest BCUT2D eigenvalue weighted by Crippen LogP contribution is -2.40. The highest BCUT2D eigenvalue weighted by Gasteiger charge is 2.29. The minimum Gasteiger partial charge on any atom is -0.347 e. The second kappa shape index (κ2) is 8.79. The first-order valence-electron chi connectivity index (χ1n) is 10.3. The number of anilines is 1. The number of carbonyl (C=O) groups is 1. The predicted molar refractivity (Wildman–Crippen MR) is 113 cm³/mol. The van der Waals surface area contributed by atoms with Gasteiger partial charge in [0.05, 0.1) is 12.1 Å². The number of aromatic nitrogens is 4. The summed E-state index contributed by atoms with van der Waals surface area (Å²) < 4.78 is 19.3. The van der Waals surface area contributed by atoms with Gasteiger partial charge >= 0.3 is 0 Å². The summed E-state index contributed by atoms with van der Waals surface area (Å²) in [6, 6.07) is 6.63. The summed E-state index contributed by atoms with van der Waals surface area (Å²) in [4.78, 5) is 25.7. The lowest BCUT2D eigenvalue weighted by molar-refractivity contribution is -0.131. The highest BCUT2D eigenvalue weighted by Crippen LogP contribution is 2.35. The van der Waals surface area contributed by atoms with Crippen LogP contribution >= 0.6 is 0 Å². The van der Waals surface area contributed by atoms with Gasteiger partial charge in [0.25, 0.3) is 0 Å². The Morgan fingerprint density at radius 3 is 2.77 bits per heavy atom. The largest absolute Gasteiger partial charge is 0.347 e. The number of halogens is 1. The summed E-state index contributed by atoms with van der Waals surface area (Å²) in [5.74, 6) is 0.189. The van der Waals surface area contributed by atoms with Gasteiger partial charge in [-0.3, -0.25) is 4.79 Å². The zero-order valence-corrected chi connectivity index (χ0v) is 17.9. The van der Waals surface area contributed by atoms with Gasteiger partial charge in [-0.1, -0.05) is 28.5 Å². The van der Waals surface area contributed by atoms with Gasteiger partial charge in [0, 0.05) is 50.4 Å². The molecule has 9 heteroatoms. The number of hydrogen-bond acceptors (Lipinski definition) is 7. The molecule has 0 N–H and O–H groups in total. The third-order valence-electron chi connectivity index (χ3n) is 5.60. The van der Waals surface area contributed by atoms with Crippen LogP contribution in [0.4, 0.5) is 10.3 Å². The number of benzene rings is 1. The molecule has 1 saturated heterocycles. The van der Waals surface area contributed by atoms with E-state index in [1.165, 1.54) is 6.07 Å². The lowest BCUT2D eigenvalue weighted by atomic mass is 9.89. The zero-order valence-electron chi connectivity index (χ0n) is 17.9. The van der Waals surface area contributed by atoms with Crippen LogP contribution in [0.2, 0.25) is 0 Å². The SMILES string of the molecule is Cc1nonc1CC(=O)N1CCC[C@H](c2nc(N(C)C)ncc2-c2ccccc2F)C1. The molecular formula is C22H25FN6O2. The molecule has 0 saturated carbocycles. The predicted octanol–water partition coefficient (Wildman–Crippen LogP) is 2.99. The maximum absolute atomic E-state index is 14.6. The molecule has 0 aliphatic carbocycles. The first kappa shape index (κ1) is 20.9. The monoisotopic (exact) mass is 424 g/mol. The van der Waals surface area contributed by atoms with E-state index >= 15 is 0 Å². The Labute approximate surface area is 180 Å². The molecule has 3 aromatic rings. The highest BCUT2D eigenvalue weighted by molar-refractivity contribution is 5.79. The summed E-state index contributed by atoms with van der Waals surface area (Å²) in [6.07, 6.45) is 3.53. The standard InChI is InChI=1S/C22H25FN6O2/c1-14-19(27-31-26-14)11-20(30)29-10-6-7-15(13-29)21-17(12-24-22(25-21)28(2)3)16-8-4-5-9-18(16)23/h4-5,8-9,12,15H,6-7,10-11,13H2,1-3H3/t15-/m0/s1. The Hall–Kier alpha value is -3.36. The Bertz CT molecular complexity index is 1080. The molecule has 1 amide bonds. The summed E-state index contributed by atoms with van der Waals surface area (Å²) >= 11 is 0. The van der Waals surface area contributed by atoms with Crippen LogP contribution in [0.3, 0.4) is 0 Å². The first-order valence-corrected chi connectivity index (χ1v) is 10.3. The number of piperidine rings is 1. The van der Waals surface area contributed by atoms with Crippen molar-refractivity contribution in [2.45, 2.75) is 32.1 Å². The van der Waals surface area contributed by atoms with Crippen molar-refractivity contribution in [3.63, 3.8) is 0 Å². The molecule has 2 aromatic heterocycles. The smallest absolute Gasteiger partial charge is 0.228 e. The number of hydrogen-bond donors (Lipinski definition) is 0. The Morgan fingerprint density at radius 2 is 2.06 bits per heavy atom. The van der Waals surface area contributed by atoms with E-state index in [1.807, 2.05) is 23.9 Å². The van der Waals surface area contributed by atoms with Crippen LogP contribution in [-0.4, -0.2) is 58.3 Å². The van der Waals surface area contributed by atoms with E-state index in [9.17, 15) is 9.18 Å². The van der Waals surface area contributed by atoms with E-state index in [0.29, 0.717) is 41.6 Å². The van der Waals surface area contributed by atoms with E-state index in [4.69, 9.17) is 9.61 Å². The number of rotatable bonds is 5. The molecule has 8 nitrogen and oxygen atoms in total. The first-order chi connectivity index (χ1) is 14.9. The van der Waals surface area contributed by atoms with Gasteiger partial charge in [-0.2, -0.15) is 0 Å². The van der Waals surface area contributed by atoms with Crippen LogP contribution in [-0.2, 0) is 11.2 Å². The third kappa shape index (κ3) is 4.40. The van der Waals surface area contributed by atoms with E-state index < -0.39 is 0 Å². The van der Waals surface area contributed by atoms with Crippen molar-refractivity contribution in [3.05, 3.63) is 53.4 Å². The summed E-state index contributed by atoms with van der Waals surface area (Å²) in [5, 5.41) is 7.56. The second-order valence-corrected chi connectivity index (χ2v) is 8.00.